The first kappa shape index (κ1) is 15.9. The quantitative estimate of drug-likeness (QED) is 0.867. The van der Waals surface area contributed by atoms with Gasteiger partial charge < -0.3 is 15.4 Å². The molecular weight excluding hydrogens is 278 g/mol. The lowest BCUT2D eigenvalue weighted by Crippen LogP contribution is -2.44. The predicted octanol–water partition coefficient (Wildman–Crippen LogP) is 1.56. The zero-order valence-corrected chi connectivity index (χ0v) is 12.0. The van der Waals surface area contributed by atoms with Crippen molar-refractivity contribution in [2.45, 2.75) is 25.3 Å². The van der Waals surface area contributed by atoms with Crippen molar-refractivity contribution in [3.63, 3.8) is 0 Å². The average molecular weight is 298 g/mol. The number of morpholine rings is 1. The van der Waals surface area contributed by atoms with Crippen LogP contribution in [0.15, 0.2) is 18.2 Å². The third kappa shape index (κ3) is 4.75. The minimum absolute atomic E-state index is 0.0246. The standard InChI is InChI=1S/C15H20F2N2O2/c1-10(13-3-2-11(16)6-14(13)17)8-19-15(20)7-12-9-21-5-4-18-12/h2-3,6,10,12,18H,4-5,7-9H2,1H3,(H,19,20). The van der Waals surface area contributed by atoms with Crippen LogP contribution in [0.2, 0.25) is 0 Å². The van der Waals surface area contributed by atoms with Crippen LogP contribution in [0.25, 0.3) is 0 Å². The molecule has 2 rings (SSSR count). The number of amides is 1. The number of ether oxygens (including phenoxy) is 1. The van der Waals surface area contributed by atoms with Crippen molar-refractivity contribution in [1.29, 1.82) is 0 Å². The van der Waals surface area contributed by atoms with E-state index in [-0.39, 0.29) is 17.9 Å². The number of hydrogen-bond acceptors (Lipinski definition) is 3. The van der Waals surface area contributed by atoms with Crippen molar-refractivity contribution in [2.24, 2.45) is 0 Å². The second-order valence-corrected chi connectivity index (χ2v) is 5.30. The molecular formula is C15H20F2N2O2. The molecule has 0 bridgehead atoms. The van der Waals surface area contributed by atoms with E-state index in [4.69, 9.17) is 4.74 Å². The fraction of sp³-hybridized carbons (Fsp3) is 0.533. The van der Waals surface area contributed by atoms with Gasteiger partial charge in [0.2, 0.25) is 5.91 Å². The van der Waals surface area contributed by atoms with Crippen LogP contribution in [0.4, 0.5) is 8.78 Å². The monoisotopic (exact) mass is 298 g/mol. The van der Waals surface area contributed by atoms with Crippen LogP contribution < -0.4 is 10.6 Å². The number of hydrogen-bond donors (Lipinski definition) is 2. The molecule has 0 aromatic heterocycles. The topological polar surface area (TPSA) is 50.4 Å². The smallest absolute Gasteiger partial charge is 0.221 e. The molecule has 4 nitrogen and oxygen atoms in total. The average Bonchev–Trinajstić information content (AvgIpc) is 2.46. The molecule has 0 saturated carbocycles. The molecule has 2 N–H and O–H groups in total. The Bertz CT molecular complexity index is 491. The highest BCUT2D eigenvalue weighted by molar-refractivity contribution is 5.76. The van der Waals surface area contributed by atoms with Gasteiger partial charge in [-0.05, 0) is 11.6 Å². The number of carbonyl (C=O) groups excluding carboxylic acids is 1. The van der Waals surface area contributed by atoms with Crippen LogP contribution >= 0.6 is 0 Å². The van der Waals surface area contributed by atoms with E-state index in [9.17, 15) is 13.6 Å². The van der Waals surface area contributed by atoms with Crippen molar-refractivity contribution in [3.8, 4) is 0 Å². The van der Waals surface area contributed by atoms with E-state index in [0.717, 1.165) is 12.6 Å². The van der Waals surface area contributed by atoms with Crippen LogP contribution in [0.5, 0.6) is 0 Å². The highest BCUT2D eigenvalue weighted by Crippen LogP contribution is 2.19. The zero-order valence-electron chi connectivity index (χ0n) is 12.0. The molecule has 2 unspecified atom stereocenters. The Kier molecular flexibility index (Phi) is 5.64. The maximum atomic E-state index is 13.6. The second kappa shape index (κ2) is 7.47. The van der Waals surface area contributed by atoms with E-state index in [1.165, 1.54) is 12.1 Å². The number of benzene rings is 1. The number of nitrogens with one attached hydrogen (secondary N) is 2. The predicted molar refractivity (Wildman–Crippen MR) is 75.0 cm³/mol. The van der Waals surface area contributed by atoms with E-state index in [2.05, 4.69) is 10.6 Å². The number of rotatable bonds is 5. The molecule has 1 amide bonds. The van der Waals surface area contributed by atoms with Crippen molar-refractivity contribution < 1.29 is 18.3 Å². The van der Waals surface area contributed by atoms with Gasteiger partial charge in [-0.25, -0.2) is 8.78 Å². The first-order valence-electron chi connectivity index (χ1n) is 7.09. The van der Waals surface area contributed by atoms with E-state index >= 15 is 0 Å². The summed E-state index contributed by atoms with van der Waals surface area (Å²) in [4.78, 5) is 11.8. The molecule has 116 valence electrons. The van der Waals surface area contributed by atoms with Gasteiger partial charge in [0.05, 0.1) is 13.2 Å². The number of halogens is 2. The van der Waals surface area contributed by atoms with Gasteiger partial charge in [-0.15, -0.1) is 0 Å². The van der Waals surface area contributed by atoms with Crippen LogP contribution in [0.3, 0.4) is 0 Å². The molecule has 1 aliphatic heterocycles. The molecule has 0 aliphatic carbocycles. The Morgan fingerprint density at radius 2 is 2.33 bits per heavy atom. The first-order valence-corrected chi connectivity index (χ1v) is 7.09. The van der Waals surface area contributed by atoms with Gasteiger partial charge in [0, 0.05) is 37.5 Å². The largest absolute Gasteiger partial charge is 0.378 e. The van der Waals surface area contributed by atoms with Gasteiger partial charge in [-0.2, -0.15) is 0 Å². The SMILES string of the molecule is CC(CNC(=O)CC1COCCN1)c1ccc(F)cc1F. The normalized spacial score (nSPS) is 20.0. The van der Waals surface area contributed by atoms with Gasteiger partial charge in [0.1, 0.15) is 11.6 Å². The summed E-state index contributed by atoms with van der Waals surface area (Å²) in [5.74, 6) is -1.51. The van der Waals surface area contributed by atoms with Gasteiger partial charge in [0.25, 0.3) is 0 Å². The van der Waals surface area contributed by atoms with Crippen molar-refractivity contribution in [1.82, 2.24) is 10.6 Å². The summed E-state index contributed by atoms with van der Waals surface area (Å²) >= 11 is 0. The minimum atomic E-state index is -0.601. The molecule has 6 heteroatoms. The molecule has 21 heavy (non-hydrogen) atoms. The van der Waals surface area contributed by atoms with Gasteiger partial charge in [0.15, 0.2) is 0 Å². The summed E-state index contributed by atoms with van der Waals surface area (Å²) in [7, 11) is 0. The van der Waals surface area contributed by atoms with Crippen molar-refractivity contribution >= 4 is 5.91 Å². The summed E-state index contributed by atoms with van der Waals surface area (Å²) in [5.41, 5.74) is 0.399. The van der Waals surface area contributed by atoms with E-state index < -0.39 is 11.6 Å². The van der Waals surface area contributed by atoms with Crippen molar-refractivity contribution in [3.05, 3.63) is 35.4 Å². The molecule has 0 spiro atoms. The molecule has 1 aromatic carbocycles. The molecule has 1 heterocycles. The lowest BCUT2D eigenvalue weighted by Gasteiger charge is -2.23. The third-order valence-corrected chi connectivity index (χ3v) is 3.53. The van der Waals surface area contributed by atoms with E-state index in [1.54, 1.807) is 6.92 Å². The summed E-state index contributed by atoms with van der Waals surface area (Å²) in [6, 6.07) is 3.52. The fourth-order valence-corrected chi connectivity index (χ4v) is 2.32. The minimum Gasteiger partial charge on any atom is -0.378 e. The van der Waals surface area contributed by atoms with E-state index in [0.29, 0.717) is 31.7 Å². The Morgan fingerprint density at radius 1 is 1.52 bits per heavy atom. The van der Waals surface area contributed by atoms with Gasteiger partial charge >= 0.3 is 0 Å². The summed E-state index contributed by atoms with van der Waals surface area (Å²) < 4.78 is 31.8. The molecule has 2 atom stereocenters. The Hall–Kier alpha value is -1.53. The third-order valence-electron chi connectivity index (χ3n) is 3.53. The molecule has 1 aliphatic rings. The maximum absolute atomic E-state index is 13.6. The van der Waals surface area contributed by atoms with Crippen LogP contribution in [-0.2, 0) is 9.53 Å². The first-order chi connectivity index (χ1) is 10.1. The Balaban J connectivity index is 1.80. The Labute approximate surface area is 122 Å². The van der Waals surface area contributed by atoms with Crippen LogP contribution in [0, 0.1) is 11.6 Å². The van der Waals surface area contributed by atoms with Gasteiger partial charge in [-0.3, -0.25) is 4.79 Å². The molecule has 1 fully saturated rings. The lowest BCUT2D eigenvalue weighted by molar-refractivity contribution is -0.122. The van der Waals surface area contributed by atoms with Gasteiger partial charge in [-0.1, -0.05) is 13.0 Å². The second-order valence-electron chi connectivity index (χ2n) is 5.30. The highest BCUT2D eigenvalue weighted by Gasteiger charge is 2.18. The maximum Gasteiger partial charge on any atom is 0.221 e. The Morgan fingerprint density at radius 3 is 3.00 bits per heavy atom. The highest BCUT2D eigenvalue weighted by atomic mass is 19.1. The van der Waals surface area contributed by atoms with Crippen LogP contribution in [-0.4, -0.2) is 38.3 Å². The number of carbonyl (C=O) groups is 1. The van der Waals surface area contributed by atoms with Crippen molar-refractivity contribution in [2.75, 3.05) is 26.3 Å². The summed E-state index contributed by atoms with van der Waals surface area (Å²) in [6.07, 6.45) is 0.332. The van der Waals surface area contributed by atoms with E-state index in [1.807, 2.05) is 0 Å². The lowest BCUT2D eigenvalue weighted by atomic mass is 10.0. The molecule has 1 saturated heterocycles. The zero-order chi connectivity index (χ0) is 15.2. The molecule has 0 radical (unpaired) electrons. The molecule has 1 aromatic rings. The summed E-state index contributed by atoms with van der Waals surface area (Å²) in [6.45, 7) is 4.04. The van der Waals surface area contributed by atoms with Crippen LogP contribution in [0.1, 0.15) is 24.8 Å². The summed E-state index contributed by atoms with van der Waals surface area (Å²) in [5, 5.41) is 5.97. The fourth-order valence-electron chi connectivity index (χ4n) is 2.32.